The highest BCUT2D eigenvalue weighted by atomic mass is 31.2. The topological polar surface area (TPSA) is 192 Å². The van der Waals surface area contributed by atoms with Crippen LogP contribution in [0.2, 0.25) is 0 Å². The van der Waals surface area contributed by atoms with E-state index in [0.717, 1.165) is 103 Å². The predicted octanol–water partition coefficient (Wildman–Crippen LogP) is 12.0. The fraction of sp³-hybridized carbons (Fsp3) is 0.596. The number of carbonyl (C=O) groups excluding carboxylic acids is 1. The molecular formula is C57H91O12P. The molecule has 13 heteroatoms. The van der Waals surface area contributed by atoms with Crippen molar-refractivity contribution in [3.05, 3.63) is 134 Å². The van der Waals surface area contributed by atoms with Crippen LogP contribution in [0.15, 0.2) is 134 Å². The van der Waals surface area contributed by atoms with E-state index in [1.165, 1.54) is 19.3 Å². The fourth-order valence-corrected chi connectivity index (χ4v) is 7.95. The summed E-state index contributed by atoms with van der Waals surface area (Å²) in [6, 6.07) is 0. The lowest BCUT2D eigenvalue weighted by Gasteiger charge is -2.41. The number of rotatable bonds is 42. The Morgan fingerprint density at radius 2 is 0.800 bits per heavy atom. The standard InChI is InChI=1S/C57H91O12P/c1-3-5-7-9-11-13-15-17-19-21-23-25-26-27-28-30-32-34-36-38-40-42-44-46-51(58)68-50(49-67-70(64,65)69-57-55(62)53(60)52(59)54(61)56(57)63)48-66-47-45-43-41-39-37-35-33-31-29-24-22-20-18-16-14-12-10-8-6-4-2/h5-8,11-14,17-20,23-25,27-29,32,34,38,40,50,52-57,59-63H,3-4,9-10,15-16,21-22,26,30-31,33,35-37,39,41-49H2,1-2H3,(H,64,65)/b7-5-,8-6-,13-11-,14-12-,19-17-,20-18-,25-23-,28-27-,29-24-,34-32-,40-38-. The van der Waals surface area contributed by atoms with E-state index in [0.29, 0.717) is 19.4 Å². The minimum absolute atomic E-state index is 0.0933. The van der Waals surface area contributed by atoms with Crippen molar-refractivity contribution in [2.24, 2.45) is 0 Å². The average molecular weight is 999 g/mol. The SMILES string of the molecule is CC/C=C\C/C=C\C/C=C\C/C=C\C/C=C\C/C=C\C/C=C\CCCC(=O)OC(COCCCCCCCCC/C=C\C/C=C\C/C=C\C/C=C\CC)COP(=O)(O)OC1C(O)C(O)C(O)C(O)C1O. The zero-order chi connectivity index (χ0) is 51.2. The predicted molar refractivity (Wildman–Crippen MR) is 285 cm³/mol. The third-order valence-corrected chi connectivity index (χ3v) is 12.0. The zero-order valence-electron chi connectivity index (χ0n) is 42.5. The maximum Gasteiger partial charge on any atom is 0.472 e. The molecule has 0 aromatic rings. The first-order chi connectivity index (χ1) is 34.0. The van der Waals surface area contributed by atoms with Gasteiger partial charge in [-0.1, -0.05) is 180 Å². The van der Waals surface area contributed by atoms with Crippen LogP contribution in [0.3, 0.4) is 0 Å². The second kappa shape index (κ2) is 45.4. The molecular weight excluding hydrogens is 908 g/mol. The van der Waals surface area contributed by atoms with E-state index in [1.54, 1.807) is 0 Å². The maximum absolute atomic E-state index is 12.9. The molecule has 1 aliphatic rings. The molecule has 12 nitrogen and oxygen atoms in total. The summed E-state index contributed by atoms with van der Waals surface area (Å²) in [7, 11) is -5.05. The number of aliphatic hydroxyl groups excluding tert-OH is 5. The van der Waals surface area contributed by atoms with Crippen molar-refractivity contribution in [3.63, 3.8) is 0 Å². The molecule has 0 spiro atoms. The lowest BCUT2D eigenvalue weighted by Crippen LogP contribution is -2.64. The van der Waals surface area contributed by atoms with Gasteiger partial charge in [-0.3, -0.25) is 13.8 Å². The summed E-state index contributed by atoms with van der Waals surface area (Å²) in [5, 5.41) is 50.3. The molecule has 0 saturated heterocycles. The number of hydrogen-bond acceptors (Lipinski definition) is 11. The Bertz CT molecular complexity index is 1660. The molecule has 0 heterocycles. The molecule has 6 unspecified atom stereocenters. The number of phosphoric acid groups is 1. The Labute approximate surface area is 422 Å². The van der Waals surface area contributed by atoms with Gasteiger partial charge in [0.1, 0.15) is 42.7 Å². The van der Waals surface area contributed by atoms with Crippen LogP contribution >= 0.6 is 7.82 Å². The van der Waals surface area contributed by atoms with Crippen molar-refractivity contribution in [3.8, 4) is 0 Å². The third-order valence-electron chi connectivity index (χ3n) is 11.0. The van der Waals surface area contributed by atoms with E-state index in [1.807, 2.05) is 12.2 Å². The first-order valence-corrected chi connectivity index (χ1v) is 27.5. The van der Waals surface area contributed by atoms with Gasteiger partial charge in [-0.15, -0.1) is 0 Å². The van der Waals surface area contributed by atoms with E-state index < -0.39 is 63.1 Å². The lowest BCUT2D eigenvalue weighted by molar-refractivity contribution is -0.220. The van der Waals surface area contributed by atoms with Crippen molar-refractivity contribution in [1.29, 1.82) is 0 Å². The van der Waals surface area contributed by atoms with E-state index in [9.17, 15) is 39.8 Å². The van der Waals surface area contributed by atoms with E-state index >= 15 is 0 Å². The summed E-state index contributed by atoms with van der Waals surface area (Å²) in [4.78, 5) is 23.2. The van der Waals surface area contributed by atoms with Crippen LogP contribution in [0.1, 0.15) is 155 Å². The zero-order valence-corrected chi connectivity index (χ0v) is 43.4. The molecule has 1 aliphatic carbocycles. The van der Waals surface area contributed by atoms with E-state index in [4.69, 9.17) is 18.5 Å². The molecule has 6 atom stereocenters. The maximum atomic E-state index is 12.9. The number of ether oxygens (including phenoxy) is 2. The number of unbranched alkanes of at least 4 members (excludes halogenated alkanes) is 8. The Kier molecular flexibility index (Phi) is 41.8. The van der Waals surface area contributed by atoms with Gasteiger partial charge in [0.15, 0.2) is 0 Å². The van der Waals surface area contributed by atoms with Crippen molar-refractivity contribution in [2.75, 3.05) is 19.8 Å². The second-order valence-corrected chi connectivity index (χ2v) is 18.7. The lowest BCUT2D eigenvalue weighted by atomic mass is 9.85. The molecule has 70 heavy (non-hydrogen) atoms. The summed E-state index contributed by atoms with van der Waals surface area (Å²) in [5.41, 5.74) is 0. The number of allylic oxidation sites excluding steroid dienone is 22. The number of phosphoric ester groups is 1. The van der Waals surface area contributed by atoms with Crippen molar-refractivity contribution < 1.29 is 58.3 Å². The molecule has 396 valence electrons. The number of esters is 1. The second-order valence-electron chi connectivity index (χ2n) is 17.3. The smallest absolute Gasteiger partial charge is 0.457 e. The van der Waals surface area contributed by atoms with Gasteiger partial charge >= 0.3 is 13.8 Å². The van der Waals surface area contributed by atoms with Crippen molar-refractivity contribution in [1.82, 2.24) is 0 Å². The van der Waals surface area contributed by atoms with Crippen LogP contribution in [-0.4, -0.2) is 98.9 Å². The molecule has 6 N–H and O–H groups in total. The molecule has 0 amide bonds. The van der Waals surface area contributed by atoms with Crippen LogP contribution in [0.25, 0.3) is 0 Å². The van der Waals surface area contributed by atoms with Crippen LogP contribution in [0, 0.1) is 0 Å². The van der Waals surface area contributed by atoms with Crippen molar-refractivity contribution >= 4 is 13.8 Å². The first kappa shape index (κ1) is 64.5. The van der Waals surface area contributed by atoms with E-state index in [-0.39, 0.29) is 13.0 Å². The molecule has 0 bridgehead atoms. The fourth-order valence-electron chi connectivity index (χ4n) is 6.98. The summed E-state index contributed by atoms with van der Waals surface area (Å²) in [6.07, 6.45) is 55.2. The minimum atomic E-state index is -5.05. The number of carbonyl (C=O) groups is 1. The van der Waals surface area contributed by atoms with Gasteiger partial charge in [-0.05, 0) is 103 Å². The summed E-state index contributed by atoms with van der Waals surface area (Å²) >= 11 is 0. The molecule has 1 fully saturated rings. The quantitative estimate of drug-likeness (QED) is 0.0147. The highest BCUT2D eigenvalue weighted by Gasteiger charge is 2.51. The number of aliphatic hydroxyl groups is 5. The van der Waals surface area contributed by atoms with Gasteiger partial charge in [0, 0.05) is 13.0 Å². The minimum Gasteiger partial charge on any atom is -0.457 e. The Balaban J connectivity index is 2.42. The summed E-state index contributed by atoms with van der Waals surface area (Å²) in [5.74, 6) is -0.545. The Morgan fingerprint density at radius 1 is 0.457 bits per heavy atom. The number of hydrogen-bond donors (Lipinski definition) is 6. The molecule has 0 aromatic heterocycles. The molecule has 0 aliphatic heterocycles. The van der Waals surface area contributed by atoms with Crippen LogP contribution in [-0.2, 0) is 27.9 Å². The molecule has 1 saturated carbocycles. The Morgan fingerprint density at radius 3 is 1.21 bits per heavy atom. The summed E-state index contributed by atoms with van der Waals surface area (Å²) < 4.78 is 34.2. The van der Waals surface area contributed by atoms with Crippen molar-refractivity contribution in [2.45, 2.75) is 198 Å². The van der Waals surface area contributed by atoms with Gasteiger partial charge in [-0.2, -0.15) is 0 Å². The third kappa shape index (κ3) is 36.4. The average Bonchev–Trinajstić information content (AvgIpc) is 3.35. The highest BCUT2D eigenvalue weighted by molar-refractivity contribution is 7.47. The normalized spacial score (nSPS) is 22.0. The van der Waals surface area contributed by atoms with Gasteiger partial charge < -0.3 is 39.9 Å². The summed E-state index contributed by atoms with van der Waals surface area (Å²) in [6.45, 7) is 3.93. The van der Waals surface area contributed by atoms with Crippen LogP contribution in [0.5, 0.6) is 0 Å². The monoisotopic (exact) mass is 999 g/mol. The molecule has 0 radical (unpaired) electrons. The van der Waals surface area contributed by atoms with Gasteiger partial charge in [-0.25, -0.2) is 4.57 Å². The highest BCUT2D eigenvalue weighted by Crippen LogP contribution is 2.47. The Hall–Kier alpha value is -3.52. The van der Waals surface area contributed by atoms with Crippen LogP contribution < -0.4 is 0 Å². The molecule has 0 aromatic carbocycles. The molecule has 1 rings (SSSR count). The van der Waals surface area contributed by atoms with Gasteiger partial charge in [0.2, 0.25) is 0 Å². The van der Waals surface area contributed by atoms with Gasteiger partial charge in [0.25, 0.3) is 0 Å². The largest absolute Gasteiger partial charge is 0.472 e. The van der Waals surface area contributed by atoms with Gasteiger partial charge in [0.05, 0.1) is 13.2 Å². The van der Waals surface area contributed by atoms with E-state index in [2.05, 4.69) is 135 Å². The van der Waals surface area contributed by atoms with Crippen LogP contribution in [0.4, 0.5) is 0 Å². The first-order valence-electron chi connectivity index (χ1n) is 26.0.